The van der Waals surface area contributed by atoms with Crippen LogP contribution in [0, 0.1) is 13.8 Å². The van der Waals surface area contributed by atoms with Gasteiger partial charge >= 0.3 is 0 Å². The van der Waals surface area contributed by atoms with Gasteiger partial charge in [-0.1, -0.05) is 41.1 Å². The fraction of sp³-hybridized carbons (Fsp3) is 0.238. The van der Waals surface area contributed by atoms with Crippen molar-refractivity contribution < 1.29 is 14.3 Å². The summed E-state index contributed by atoms with van der Waals surface area (Å²) >= 11 is 7.63. The summed E-state index contributed by atoms with van der Waals surface area (Å²) in [4.78, 5) is 16.9. The fourth-order valence-electron chi connectivity index (χ4n) is 3.13. The zero-order valence-electron chi connectivity index (χ0n) is 16.1. The van der Waals surface area contributed by atoms with Crippen LogP contribution in [0.3, 0.4) is 0 Å². The van der Waals surface area contributed by atoms with E-state index in [0.29, 0.717) is 35.4 Å². The third kappa shape index (κ3) is 4.36. The standard InChI is InChI=1S/C21H20ClN3O3S/c1-13-3-4-17(14(2)9-13)25-6-5-23-21(25)29-12-20(26)24-16-11-19-18(10-15(16)22)27-7-8-28-19/h3-6,9-11H,7-8,12H2,1-2H3,(H,24,26). The van der Waals surface area contributed by atoms with Crippen LogP contribution in [0.25, 0.3) is 5.69 Å². The summed E-state index contributed by atoms with van der Waals surface area (Å²) in [5.74, 6) is 1.19. The number of hydrogen-bond acceptors (Lipinski definition) is 5. The smallest absolute Gasteiger partial charge is 0.234 e. The van der Waals surface area contributed by atoms with Crippen molar-refractivity contribution in [1.82, 2.24) is 9.55 Å². The molecule has 0 saturated heterocycles. The van der Waals surface area contributed by atoms with Crippen molar-refractivity contribution in [3.63, 3.8) is 0 Å². The normalized spacial score (nSPS) is 12.7. The number of aryl methyl sites for hydroxylation is 2. The van der Waals surface area contributed by atoms with Gasteiger partial charge in [-0.25, -0.2) is 4.98 Å². The third-order valence-corrected chi connectivity index (χ3v) is 5.74. The maximum atomic E-state index is 12.5. The first-order valence-corrected chi connectivity index (χ1v) is 10.5. The number of amides is 1. The van der Waals surface area contributed by atoms with Crippen molar-refractivity contribution in [3.8, 4) is 17.2 Å². The summed E-state index contributed by atoms with van der Waals surface area (Å²) < 4.78 is 13.0. The molecule has 2 heterocycles. The van der Waals surface area contributed by atoms with Gasteiger partial charge in [-0.2, -0.15) is 0 Å². The first kappa shape index (κ1) is 19.7. The Morgan fingerprint density at radius 2 is 1.97 bits per heavy atom. The second-order valence-electron chi connectivity index (χ2n) is 6.68. The topological polar surface area (TPSA) is 65.4 Å². The minimum atomic E-state index is -0.177. The third-order valence-electron chi connectivity index (χ3n) is 4.46. The highest BCUT2D eigenvalue weighted by Gasteiger charge is 2.17. The highest BCUT2D eigenvalue weighted by Crippen LogP contribution is 2.38. The van der Waals surface area contributed by atoms with Crippen LogP contribution < -0.4 is 14.8 Å². The van der Waals surface area contributed by atoms with Crippen molar-refractivity contribution in [2.24, 2.45) is 0 Å². The van der Waals surface area contributed by atoms with Gasteiger partial charge in [0.25, 0.3) is 0 Å². The van der Waals surface area contributed by atoms with Gasteiger partial charge in [-0.3, -0.25) is 9.36 Å². The van der Waals surface area contributed by atoms with Crippen LogP contribution in [0.5, 0.6) is 11.5 Å². The van der Waals surface area contributed by atoms with Crippen molar-refractivity contribution in [2.75, 3.05) is 24.3 Å². The minimum absolute atomic E-state index is 0.177. The van der Waals surface area contributed by atoms with E-state index in [2.05, 4.69) is 42.3 Å². The van der Waals surface area contributed by atoms with Crippen LogP contribution in [0.2, 0.25) is 5.02 Å². The Bertz CT molecular complexity index is 1070. The summed E-state index contributed by atoms with van der Waals surface area (Å²) in [6.45, 7) is 5.08. The van der Waals surface area contributed by atoms with Gasteiger partial charge in [-0.05, 0) is 25.5 Å². The number of imidazole rings is 1. The van der Waals surface area contributed by atoms with E-state index in [4.69, 9.17) is 21.1 Å². The molecule has 0 atom stereocenters. The molecule has 0 fully saturated rings. The van der Waals surface area contributed by atoms with Crippen molar-refractivity contribution in [2.45, 2.75) is 19.0 Å². The Morgan fingerprint density at radius 1 is 1.21 bits per heavy atom. The number of aromatic nitrogens is 2. The molecule has 1 aliphatic heterocycles. The molecule has 6 nitrogen and oxygen atoms in total. The van der Waals surface area contributed by atoms with Crippen LogP contribution in [-0.2, 0) is 4.79 Å². The zero-order chi connectivity index (χ0) is 20.4. The average molecular weight is 430 g/mol. The molecule has 8 heteroatoms. The van der Waals surface area contributed by atoms with E-state index in [9.17, 15) is 4.79 Å². The van der Waals surface area contributed by atoms with Crippen LogP contribution >= 0.6 is 23.4 Å². The van der Waals surface area contributed by atoms with Gasteiger partial charge in [-0.15, -0.1) is 0 Å². The van der Waals surface area contributed by atoms with E-state index in [0.717, 1.165) is 16.4 Å². The molecule has 0 unspecified atom stereocenters. The lowest BCUT2D eigenvalue weighted by atomic mass is 10.1. The summed E-state index contributed by atoms with van der Waals surface area (Å²) in [5.41, 5.74) is 3.90. The monoisotopic (exact) mass is 429 g/mol. The number of ether oxygens (including phenoxy) is 2. The molecule has 1 N–H and O–H groups in total. The Kier molecular flexibility index (Phi) is 5.69. The van der Waals surface area contributed by atoms with Crippen molar-refractivity contribution in [3.05, 3.63) is 58.9 Å². The first-order chi connectivity index (χ1) is 14.0. The highest BCUT2D eigenvalue weighted by atomic mass is 35.5. The molecule has 1 aromatic heterocycles. The fourth-order valence-corrected chi connectivity index (χ4v) is 4.10. The van der Waals surface area contributed by atoms with Gasteiger partial charge in [0.15, 0.2) is 16.7 Å². The number of anilines is 1. The Morgan fingerprint density at radius 3 is 2.72 bits per heavy atom. The number of benzene rings is 2. The molecule has 0 spiro atoms. The van der Waals surface area contributed by atoms with Crippen LogP contribution in [-0.4, -0.2) is 34.4 Å². The maximum Gasteiger partial charge on any atom is 0.234 e. The van der Waals surface area contributed by atoms with E-state index in [1.807, 2.05) is 10.8 Å². The minimum Gasteiger partial charge on any atom is -0.486 e. The molecule has 1 amide bonds. The summed E-state index contributed by atoms with van der Waals surface area (Å²) in [7, 11) is 0. The molecule has 0 bridgehead atoms. The quantitative estimate of drug-likeness (QED) is 0.598. The van der Waals surface area contributed by atoms with Gasteiger partial charge in [0.2, 0.25) is 5.91 Å². The Hall–Kier alpha value is -2.64. The number of hydrogen-bond donors (Lipinski definition) is 1. The number of rotatable bonds is 5. The summed E-state index contributed by atoms with van der Waals surface area (Å²) in [6, 6.07) is 9.60. The predicted molar refractivity (Wildman–Crippen MR) is 115 cm³/mol. The number of carbonyl (C=O) groups excluding carboxylic acids is 1. The van der Waals surface area contributed by atoms with Gasteiger partial charge in [0.05, 0.1) is 22.2 Å². The molecule has 0 aliphatic carbocycles. The second kappa shape index (κ2) is 8.39. The summed E-state index contributed by atoms with van der Waals surface area (Å²) in [5, 5.41) is 3.99. The second-order valence-corrected chi connectivity index (χ2v) is 8.03. The molecule has 4 rings (SSSR count). The van der Waals surface area contributed by atoms with E-state index in [1.54, 1.807) is 18.3 Å². The lowest BCUT2D eigenvalue weighted by molar-refractivity contribution is -0.113. The SMILES string of the molecule is Cc1ccc(-n2ccnc2SCC(=O)Nc2cc3c(cc2Cl)OCCO3)c(C)c1. The van der Waals surface area contributed by atoms with Crippen LogP contribution in [0.15, 0.2) is 47.9 Å². The molecule has 0 saturated carbocycles. The molecule has 0 radical (unpaired) electrons. The number of halogens is 1. The predicted octanol–water partition coefficient (Wildman–Crippen LogP) is 4.64. The highest BCUT2D eigenvalue weighted by molar-refractivity contribution is 7.99. The Balaban J connectivity index is 1.44. The van der Waals surface area contributed by atoms with Gasteiger partial charge in [0, 0.05) is 24.5 Å². The van der Waals surface area contributed by atoms with Crippen molar-refractivity contribution >= 4 is 35.0 Å². The lowest BCUT2D eigenvalue weighted by Gasteiger charge is -2.20. The zero-order valence-corrected chi connectivity index (χ0v) is 17.6. The molecule has 1 aliphatic rings. The van der Waals surface area contributed by atoms with Crippen LogP contribution in [0.4, 0.5) is 5.69 Å². The van der Waals surface area contributed by atoms with E-state index in [-0.39, 0.29) is 11.7 Å². The molecule has 3 aromatic rings. The summed E-state index contributed by atoms with van der Waals surface area (Å²) in [6.07, 6.45) is 3.63. The average Bonchev–Trinajstić information content (AvgIpc) is 3.15. The van der Waals surface area contributed by atoms with Gasteiger partial charge in [0.1, 0.15) is 13.2 Å². The number of thioether (sulfide) groups is 1. The van der Waals surface area contributed by atoms with Crippen molar-refractivity contribution in [1.29, 1.82) is 0 Å². The van der Waals surface area contributed by atoms with E-state index >= 15 is 0 Å². The molecule has 150 valence electrons. The van der Waals surface area contributed by atoms with E-state index in [1.165, 1.54) is 17.3 Å². The number of nitrogens with zero attached hydrogens (tertiary/aromatic N) is 2. The molecular weight excluding hydrogens is 410 g/mol. The molecule has 2 aromatic carbocycles. The number of carbonyl (C=O) groups is 1. The lowest BCUT2D eigenvalue weighted by Crippen LogP contribution is -2.17. The van der Waals surface area contributed by atoms with Gasteiger partial charge < -0.3 is 14.8 Å². The molecule has 29 heavy (non-hydrogen) atoms. The van der Waals surface area contributed by atoms with E-state index < -0.39 is 0 Å². The number of nitrogens with one attached hydrogen (secondary N) is 1. The Labute approximate surface area is 178 Å². The maximum absolute atomic E-state index is 12.5. The first-order valence-electron chi connectivity index (χ1n) is 9.14. The number of fused-ring (bicyclic) bond motifs is 1. The van der Waals surface area contributed by atoms with Crippen LogP contribution in [0.1, 0.15) is 11.1 Å². The largest absolute Gasteiger partial charge is 0.486 e. The molecular formula is C21H20ClN3O3S.